The molecular weight excluding hydrogens is 416 g/mol. The van der Waals surface area contributed by atoms with Gasteiger partial charge < -0.3 is 14.4 Å². The molecule has 0 radical (unpaired) electrons. The summed E-state index contributed by atoms with van der Waals surface area (Å²) < 4.78 is 12.5. The molecule has 1 aliphatic rings. The van der Waals surface area contributed by atoms with Gasteiger partial charge in [-0.05, 0) is 55.3 Å². The molecule has 0 N–H and O–H groups in total. The van der Waals surface area contributed by atoms with Crippen LogP contribution in [0.4, 0.5) is 5.69 Å². The molecule has 0 atom stereocenters. The Hall–Kier alpha value is -3.71. The van der Waals surface area contributed by atoms with E-state index in [0.717, 1.165) is 59.9 Å². The minimum atomic E-state index is -0.441. The number of ether oxygens (including phenoxy) is 2. The van der Waals surface area contributed by atoms with Crippen LogP contribution in [0.1, 0.15) is 23.1 Å². The lowest BCUT2D eigenvalue weighted by molar-refractivity contribution is 0.0520. The van der Waals surface area contributed by atoms with Gasteiger partial charge in [-0.1, -0.05) is 30.3 Å². The molecule has 0 aliphatic carbocycles. The third-order valence-corrected chi connectivity index (χ3v) is 5.85. The van der Waals surface area contributed by atoms with E-state index in [4.69, 9.17) is 14.6 Å². The molecule has 168 valence electrons. The summed E-state index contributed by atoms with van der Waals surface area (Å²) in [6.07, 6.45) is 0. The van der Waals surface area contributed by atoms with Crippen molar-refractivity contribution in [2.75, 3.05) is 37.8 Å². The summed E-state index contributed by atoms with van der Waals surface area (Å²) in [4.78, 5) is 19.6. The average Bonchev–Trinajstić information content (AvgIpc) is 3.21. The van der Waals surface area contributed by atoms with Crippen LogP contribution in [0, 0.1) is 6.92 Å². The number of morpholine rings is 1. The fourth-order valence-electron chi connectivity index (χ4n) is 4.25. The Labute approximate surface area is 192 Å². The van der Waals surface area contributed by atoms with Crippen molar-refractivity contribution in [3.8, 4) is 16.8 Å². The first kappa shape index (κ1) is 21.2. The Morgan fingerprint density at radius 1 is 1.03 bits per heavy atom. The van der Waals surface area contributed by atoms with E-state index in [1.165, 1.54) is 0 Å². The summed E-state index contributed by atoms with van der Waals surface area (Å²) in [5, 5.41) is 5.69. The Balaban J connectivity index is 1.65. The number of aryl methyl sites for hydroxylation is 1. The van der Waals surface area contributed by atoms with Crippen molar-refractivity contribution in [2.45, 2.75) is 13.8 Å². The SMILES string of the molecule is CCOC(=O)c1cc(-c2ccc(N3CCOCC3)cc2)c2c(C)nn(-c3ccccc3)c2n1. The van der Waals surface area contributed by atoms with Crippen molar-refractivity contribution < 1.29 is 14.3 Å². The number of fused-ring (bicyclic) bond motifs is 1. The molecule has 0 bridgehead atoms. The average molecular weight is 443 g/mol. The zero-order chi connectivity index (χ0) is 22.8. The minimum Gasteiger partial charge on any atom is -0.461 e. The third-order valence-electron chi connectivity index (χ3n) is 5.85. The molecule has 7 heteroatoms. The predicted octanol–water partition coefficient (Wildman–Crippen LogP) is 4.41. The van der Waals surface area contributed by atoms with Crippen LogP contribution in [0.15, 0.2) is 60.7 Å². The number of hydrogen-bond acceptors (Lipinski definition) is 6. The van der Waals surface area contributed by atoms with E-state index < -0.39 is 5.97 Å². The zero-order valence-corrected chi connectivity index (χ0v) is 18.8. The normalized spacial score (nSPS) is 13.9. The van der Waals surface area contributed by atoms with Crippen LogP contribution in [-0.4, -0.2) is 53.6 Å². The lowest BCUT2D eigenvalue weighted by Crippen LogP contribution is -2.36. The lowest BCUT2D eigenvalue weighted by Gasteiger charge is -2.29. The van der Waals surface area contributed by atoms with Crippen LogP contribution in [0.2, 0.25) is 0 Å². The quantitative estimate of drug-likeness (QED) is 0.427. The van der Waals surface area contributed by atoms with Crippen molar-refractivity contribution in [1.29, 1.82) is 0 Å². The molecule has 0 saturated carbocycles. The molecule has 0 spiro atoms. The molecule has 1 saturated heterocycles. The van der Waals surface area contributed by atoms with Crippen LogP contribution < -0.4 is 4.90 Å². The molecule has 7 nitrogen and oxygen atoms in total. The number of carbonyl (C=O) groups is 1. The molecular formula is C26H26N4O3. The smallest absolute Gasteiger partial charge is 0.357 e. The van der Waals surface area contributed by atoms with E-state index >= 15 is 0 Å². The zero-order valence-electron chi connectivity index (χ0n) is 18.8. The highest BCUT2D eigenvalue weighted by molar-refractivity contribution is 6.00. The maximum Gasteiger partial charge on any atom is 0.357 e. The Morgan fingerprint density at radius 3 is 2.45 bits per heavy atom. The van der Waals surface area contributed by atoms with E-state index in [-0.39, 0.29) is 5.69 Å². The molecule has 4 aromatic rings. The summed E-state index contributed by atoms with van der Waals surface area (Å²) >= 11 is 0. The monoisotopic (exact) mass is 442 g/mol. The van der Waals surface area contributed by atoms with Gasteiger partial charge in [0.15, 0.2) is 11.3 Å². The highest BCUT2D eigenvalue weighted by Crippen LogP contribution is 2.33. The van der Waals surface area contributed by atoms with Crippen molar-refractivity contribution in [1.82, 2.24) is 14.8 Å². The number of aromatic nitrogens is 3. The molecule has 1 aliphatic heterocycles. The molecule has 3 heterocycles. The highest BCUT2D eigenvalue weighted by Gasteiger charge is 2.21. The van der Waals surface area contributed by atoms with Crippen LogP contribution in [-0.2, 0) is 9.47 Å². The molecule has 33 heavy (non-hydrogen) atoms. The van der Waals surface area contributed by atoms with Gasteiger partial charge in [0.25, 0.3) is 0 Å². The summed E-state index contributed by atoms with van der Waals surface area (Å²) in [7, 11) is 0. The Kier molecular flexibility index (Phi) is 5.79. The number of esters is 1. The van der Waals surface area contributed by atoms with Gasteiger partial charge in [-0.25, -0.2) is 14.5 Å². The topological polar surface area (TPSA) is 69.5 Å². The molecule has 2 aromatic carbocycles. The van der Waals surface area contributed by atoms with Crippen molar-refractivity contribution >= 4 is 22.7 Å². The number of pyridine rings is 1. The van der Waals surface area contributed by atoms with E-state index in [1.54, 1.807) is 11.6 Å². The third kappa shape index (κ3) is 4.07. The van der Waals surface area contributed by atoms with Gasteiger partial charge in [-0.3, -0.25) is 0 Å². The summed E-state index contributed by atoms with van der Waals surface area (Å²) in [6, 6.07) is 20.1. The Morgan fingerprint density at radius 2 is 1.76 bits per heavy atom. The molecule has 2 aromatic heterocycles. The van der Waals surface area contributed by atoms with E-state index in [2.05, 4.69) is 34.1 Å². The maximum atomic E-state index is 12.7. The van der Waals surface area contributed by atoms with E-state index in [9.17, 15) is 4.79 Å². The van der Waals surface area contributed by atoms with Gasteiger partial charge in [0.1, 0.15) is 0 Å². The van der Waals surface area contributed by atoms with E-state index in [1.807, 2.05) is 43.3 Å². The number of benzene rings is 2. The van der Waals surface area contributed by atoms with Crippen LogP contribution in [0.25, 0.3) is 27.8 Å². The number of para-hydroxylation sites is 1. The first-order chi connectivity index (χ1) is 16.2. The molecule has 0 unspecified atom stereocenters. The number of carbonyl (C=O) groups excluding carboxylic acids is 1. The maximum absolute atomic E-state index is 12.7. The first-order valence-corrected chi connectivity index (χ1v) is 11.2. The summed E-state index contributed by atoms with van der Waals surface area (Å²) in [5.41, 5.74) is 5.72. The van der Waals surface area contributed by atoms with Gasteiger partial charge in [0.05, 0.1) is 36.6 Å². The lowest BCUT2D eigenvalue weighted by atomic mass is 10.0. The molecule has 5 rings (SSSR count). The summed E-state index contributed by atoms with van der Waals surface area (Å²) in [5.74, 6) is -0.441. The largest absolute Gasteiger partial charge is 0.461 e. The van der Waals surface area contributed by atoms with Crippen molar-refractivity contribution in [3.05, 3.63) is 72.1 Å². The number of nitrogens with zero attached hydrogens (tertiary/aromatic N) is 4. The van der Waals surface area contributed by atoms with E-state index in [0.29, 0.717) is 12.3 Å². The number of anilines is 1. The second-order valence-electron chi connectivity index (χ2n) is 7.95. The standard InChI is InChI=1S/C26H26N4O3/c1-3-33-26(31)23-17-22(19-9-11-20(12-10-19)29-13-15-32-16-14-29)24-18(2)28-30(25(24)27-23)21-7-5-4-6-8-21/h4-12,17H,3,13-16H2,1-2H3. The van der Waals surface area contributed by atoms with Gasteiger partial charge in [-0.2, -0.15) is 5.10 Å². The Bertz CT molecular complexity index is 1280. The fourth-order valence-corrected chi connectivity index (χ4v) is 4.25. The second kappa shape index (κ2) is 9.03. The minimum absolute atomic E-state index is 0.272. The fraction of sp³-hybridized carbons (Fsp3) is 0.269. The van der Waals surface area contributed by atoms with Crippen molar-refractivity contribution in [3.63, 3.8) is 0 Å². The predicted molar refractivity (Wildman–Crippen MR) is 128 cm³/mol. The van der Waals surface area contributed by atoms with Gasteiger partial charge in [-0.15, -0.1) is 0 Å². The van der Waals surface area contributed by atoms with Gasteiger partial charge in [0, 0.05) is 18.8 Å². The second-order valence-corrected chi connectivity index (χ2v) is 7.95. The van der Waals surface area contributed by atoms with Crippen LogP contribution in [0.5, 0.6) is 0 Å². The number of hydrogen-bond donors (Lipinski definition) is 0. The van der Waals surface area contributed by atoms with Crippen LogP contribution >= 0.6 is 0 Å². The van der Waals surface area contributed by atoms with Crippen LogP contribution in [0.3, 0.4) is 0 Å². The summed E-state index contributed by atoms with van der Waals surface area (Å²) in [6.45, 7) is 7.31. The molecule has 1 fully saturated rings. The molecule has 0 amide bonds. The van der Waals surface area contributed by atoms with Gasteiger partial charge >= 0.3 is 5.97 Å². The number of rotatable bonds is 5. The van der Waals surface area contributed by atoms with Gasteiger partial charge in [0.2, 0.25) is 0 Å². The highest BCUT2D eigenvalue weighted by atomic mass is 16.5. The van der Waals surface area contributed by atoms with Crippen molar-refractivity contribution in [2.24, 2.45) is 0 Å². The first-order valence-electron chi connectivity index (χ1n) is 11.2.